The van der Waals surface area contributed by atoms with Crippen LogP contribution in [0.25, 0.3) is 0 Å². The van der Waals surface area contributed by atoms with Crippen molar-refractivity contribution in [3.05, 3.63) is 29.8 Å². The van der Waals surface area contributed by atoms with E-state index < -0.39 is 0 Å². The average molecular weight is 165 g/mol. The van der Waals surface area contributed by atoms with Crippen LogP contribution in [0.15, 0.2) is 24.3 Å². The Balaban J connectivity index is 2.82. The van der Waals surface area contributed by atoms with E-state index in [1.807, 2.05) is 32.3 Å². The molecule has 0 radical (unpaired) electrons. The standard InChI is InChI=1S/C10H15NO/c1-4-9-7-5-6-8-10(9)12-11(2)3/h5-8H,4H2,1-3H3. The van der Waals surface area contributed by atoms with E-state index >= 15 is 0 Å². The summed E-state index contributed by atoms with van der Waals surface area (Å²) >= 11 is 0. The van der Waals surface area contributed by atoms with Gasteiger partial charge in [-0.3, -0.25) is 0 Å². The molecular weight excluding hydrogens is 150 g/mol. The van der Waals surface area contributed by atoms with Crippen LogP contribution in [-0.4, -0.2) is 19.2 Å². The fourth-order valence-electron chi connectivity index (χ4n) is 1.08. The third-order valence-corrected chi connectivity index (χ3v) is 1.63. The van der Waals surface area contributed by atoms with Crippen molar-refractivity contribution in [1.29, 1.82) is 0 Å². The Bertz CT molecular complexity index is 245. The van der Waals surface area contributed by atoms with Gasteiger partial charge in [0.1, 0.15) is 0 Å². The van der Waals surface area contributed by atoms with E-state index in [2.05, 4.69) is 13.0 Å². The lowest BCUT2D eigenvalue weighted by molar-refractivity contribution is -0.00423. The zero-order valence-electron chi connectivity index (χ0n) is 7.87. The number of hydrogen-bond donors (Lipinski definition) is 0. The Morgan fingerprint density at radius 1 is 1.25 bits per heavy atom. The molecule has 0 spiro atoms. The van der Waals surface area contributed by atoms with E-state index in [9.17, 15) is 0 Å². The van der Waals surface area contributed by atoms with Gasteiger partial charge in [0.05, 0.1) is 0 Å². The topological polar surface area (TPSA) is 12.5 Å². The smallest absolute Gasteiger partial charge is 0.150 e. The largest absolute Gasteiger partial charge is 0.406 e. The number of para-hydroxylation sites is 1. The van der Waals surface area contributed by atoms with Crippen molar-refractivity contribution in [2.24, 2.45) is 0 Å². The van der Waals surface area contributed by atoms with Gasteiger partial charge in [-0.2, -0.15) is 5.06 Å². The van der Waals surface area contributed by atoms with Gasteiger partial charge < -0.3 is 4.84 Å². The van der Waals surface area contributed by atoms with E-state index in [0.717, 1.165) is 12.2 Å². The van der Waals surface area contributed by atoms with Crippen LogP contribution in [0.4, 0.5) is 0 Å². The molecule has 0 aliphatic heterocycles. The zero-order chi connectivity index (χ0) is 8.97. The minimum atomic E-state index is 0.949. The Labute approximate surface area is 73.7 Å². The number of aryl methyl sites for hydroxylation is 1. The molecule has 0 aliphatic carbocycles. The first kappa shape index (κ1) is 9.07. The predicted octanol–water partition coefficient (Wildman–Crippen LogP) is 2.10. The Morgan fingerprint density at radius 3 is 2.50 bits per heavy atom. The lowest BCUT2D eigenvalue weighted by atomic mass is 10.1. The van der Waals surface area contributed by atoms with Gasteiger partial charge in [-0.1, -0.05) is 25.1 Å². The maximum absolute atomic E-state index is 5.47. The summed E-state index contributed by atoms with van der Waals surface area (Å²) in [5, 5.41) is 1.70. The van der Waals surface area contributed by atoms with Crippen LogP contribution in [0.1, 0.15) is 12.5 Å². The second-order valence-corrected chi connectivity index (χ2v) is 2.86. The normalized spacial score (nSPS) is 10.3. The van der Waals surface area contributed by atoms with Gasteiger partial charge >= 0.3 is 0 Å². The maximum Gasteiger partial charge on any atom is 0.150 e. The van der Waals surface area contributed by atoms with E-state index in [0.29, 0.717) is 0 Å². The van der Waals surface area contributed by atoms with Gasteiger partial charge in [0.2, 0.25) is 0 Å². The highest BCUT2D eigenvalue weighted by Gasteiger charge is 2.00. The minimum Gasteiger partial charge on any atom is -0.406 e. The van der Waals surface area contributed by atoms with Crippen LogP contribution in [-0.2, 0) is 6.42 Å². The van der Waals surface area contributed by atoms with Crippen molar-refractivity contribution in [1.82, 2.24) is 5.06 Å². The molecule has 0 saturated heterocycles. The van der Waals surface area contributed by atoms with E-state index in [4.69, 9.17) is 4.84 Å². The van der Waals surface area contributed by atoms with Crippen molar-refractivity contribution in [3.8, 4) is 5.75 Å². The molecule has 0 N–H and O–H groups in total. The van der Waals surface area contributed by atoms with Gasteiger partial charge in [0.15, 0.2) is 5.75 Å². The Hall–Kier alpha value is -1.02. The van der Waals surface area contributed by atoms with E-state index in [-0.39, 0.29) is 0 Å². The molecule has 0 aliphatic rings. The summed E-state index contributed by atoms with van der Waals surface area (Å²) in [6.07, 6.45) is 1.00. The predicted molar refractivity (Wildman–Crippen MR) is 50.1 cm³/mol. The molecule has 0 amide bonds. The summed E-state index contributed by atoms with van der Waals surface area (Å²) in [6, 6.07) is 8.08. The molecule has 2 heteroatoms. The third-order valence-electron chi connectivity index (χ3n) is 1.63. The molecule has 2 nitrogen and oxygen atoms in total. The first-order valence-electron chi connectivity index (χ1n) is 4.17. The first-order valence-corrected chi connectivity index (χ1v) is 4.17. The van der Waals surface area contributed by atoms with Gasteiger partial charge in [0, 0.05) is 14.1 Å². The van der Waals surface area contributed by atoms with Crippen LogP contribution in [0.5, 0.6) is 5.75 Å². The molecule has 0 heterocycles. The van der Waals surface area contributed by atoms with Gasteiger partial charge in [0.25, 0.3) is 0 Å². The third kappa shape index (κ3) is 2.24. The second kappa shape index (κ2) is 4.12. The van der Waals surface area contributed by atoms with Crippen LogP contribution in [0, 0.1) is 0 Å². The number of benzene rings is 1. The molecule has 0 bridgehead atoms. The molecule has 1 rings (SSSR count). The Kier molecular flexibility index (Phi) is 3.11. The first-order chi connectivity index (χ1) is 5.74. The van der Waals surface area contributed by atoms with Crippen LogP contribution in [0.2, 0.25) is 0 Å². The summed E-state index contributed by atoms with van der Waals surface area (Å²) in [6.45, 7) is 2.12. The van der Waals surface area contributed by atoms with Crippen LogP contribution < -0.4 is 4.84 Å². The monoisotopic (exact) mass is 165 g/mol. The van der Waals surface area contributed by atoms with Crippen molar-refractivity contribution in [2.45, 2.75) is 13.3 Å². The highest BCUT2D eigenvalue weighted by molar-refractivity contribution is 5.32. The summed E-state index contributed by atoms with van der Waals surface area (Å²) in [5.41, 5.74) is 1.24. The number of hydroxylamine groups is 2. The summed E-state index contributed by atoms with van der Waals surface area (Å²) in [5.74, 6) is 0.949. The second-order valence-electron chi connectivity index (χ2n) is 2.86. The van der Waals surface area contributed by atoms with Crippen molar-refractivity contribution < 1.29 is 4.84 Å². The quantitative estimate of drug-likeness (QED) is 0.636. The lowest BCUT2D eigenvalue weighted by Crippen LogP contribution is -2.16. The van der Waals surface area contributed by atoms with E-state index in [1.165, 1.54) is 5.56 Å². The number of nitrogens with zero attached hydrogens (tertiary/aromatic N) is 1. The van der Waals surface area contributed by atoms with Gasteiger partial charge in [-0.15, -0.1) is 0 Å². The van der Waals surface area contributed by atoms with Gasteiger partial charge in [-0.05, 0) is 18.1 Å². The maximum atomic E-state index is 5.47. The SMILES string of the molecule is CCc1ccccc1ON(C)C. The molecule has 66 valence electrons. The van der Waals surface area contributed by atoms with Gasteiger partial charge in [-0.25, -0.2) is 0 Å². The zero-order valence-corrected chi connectivity index (χ0v) is 7.87. The molecule has 0 aromatic heterocycles. The lowest BCUT2D eigenvalue weighted by Gasteiger charge is -2.14. The van der Waals surface area contributed by atoms with Crippen molar-refractivity contribution >= 4 is 0 Å². The number of rotatable bonds is 3. The minimum absolute atomic E-state index is 0.949. The van der Waals surface area contributed by atoms with Crippen LogP contribution in [0.3, 0.4) is 0 Å². The summed E-state index contributed by atoms with van der Waals surface area (Å²) in [4.78, 5) is 5.47. The number of hydrogen-bond acceptors (Lipinski definition) is 2. The molecule has 12 heavy (non-hydrogen) atoms. The van der Waals surface area contributed by atoms with E-state index in [1.54, 1.807) is 5.06 Å². The molecule has 0 atom stereocenters. The average Bonchev–Trinajstić information content (AvgIpc) is 2.04. The van der Waals surface area contributed by atoms with Crippen molar-refractivity contribution in [2.75, 3.05) is 14.1 Å². The molecule has 0 unspecified atom stereocenters. The fraction of sp³-hybridized carbons (Fsp3) is 0.400. The molecule has 0 fully saturated rings. The van der Waals surface area contributed by atoms with Crippen LogP contribution >= 0.6 is 0 Å². The molecule has 1 aromatic carbocycles. The molecule has 1 aromatic rings. The van der Waals surface area contributed by atoms with Crippen molar-refractivity contribution in [3.63, 3.8) is 0 Å². The summed E-state index contributed by atoms with van der Waals surface area (Å²) in [7, 11) is 3.76. The highest BCUT2D eigenvalue weighted by atomic mass is 16.7. The summed E-state index contributed by atoms with van der Waals surface area (Å²) < 4.78 is 0. The Morgan fingerprint density at radius 2 is 1.92 bits per heavy atom. The molecular formula is C10H15NO. The highest BCUT2D eigenvalue weighted by Crippen LogP contribution is 2.18. The fourth-order valence-corrected chi connectivity index (χ4v) is 1.08. The molecule has 0 saturated carbocycles.